The number of nitrogens with one attached hydrogen (secondary N) is 1. The van der Waals surface area contributed by atoms with Crippen molar-refractivity contribution < 1.29 is 0 Å². The summed E-state index contributed by atoms with van der Waals surface area (Å²) in [4.78, 5) is 11.5. The largest absolute Gasteiger partial charge is 0.355 e. The van der Waals surface area contributed by atoms with Crippen molar-refractivity contribution in [2.24, 2.45) is 5.41 Å². The number of aromatic nitrogens is 2. The molecule has 0 radical (unpaired) electrons. The summed E-state index contributed by atoms with van der Waals surface area (Å²) in [6.45, 7) is 14.1. The normalized spacial score (nSPS) is 19.1. The van der Waals surface area contributed by atoms with Crippen LogP contribution in [0.5, 0.6) is 0 Å². The molecule has 0 amide bonds. The molecular formula is C16H28N4. The fraction of sp³-hybridized carbons (Fsp3) is 0.750. The first-order chi connectivity index (χ1) is 9.25. The van der Waals surface area contributed by atoms with Crippen molar-refractivity contribution in [2.45, 2.75) is 59.5 Å². The molecule has 0 spiro atoms. The lowest BCUT2D eigenvalue weighted by Gasteiger charge is -2.37. The molecule has 0 saturated carbocycles. The fourth-order valence-electron chi connectivity index (χ4n) is 2.33. The van der Waals surface area contributed by atoms with Crippen molar-refractivity contribution in [3.05, 3.63) is 18.1 Å². The van der Waals surface area contributed by atoms with Crippen LogP contribution in [-0.4, -0.2) is 28.6 Å². The third-order valence-corrected chi connectivity index (χ3v) is 3.91. The van der Waals surface area contributed by atoms with Crippen LogP contribution in [-0.2, 0) is 6.54 Å². The van der Waals surface area contributed by atoms with Crippen LogP contribution in [0.1, 0.15) is 53.2 Å². The Morgan fingerprint density at radius 3 is 2.45 bits per heavy atom. The maximum Gasteiger partial charge on any atom is 0.147 e. The van der Waals surface area contributed by atoms with Crippen LogP contribution in [0, 0.1) is 5.41 Å². The second-order valence-electron chi connectivity index (χ2n) is 7.62. The molecule has 1 aliphatic rings. The van der Waals surface area contributed by atoms with Crippen molar-refractivity contribution in [1.29, 1.82) is 0 Å². The number of rotatable bonds is 3. The number of nitrogens with zero attached hydrogens (tertiary/aromatic N) is 3. The molecule has 1 saturated heterocycles. The molecule has 112 valence electrons. The highest BCUT2D eigenvalue weighted by Gasteiger charge is 2.26. The average molecular weight is 276 g/mol. The Balaban J connectivity index is 1.99. The minimum absolute atomic E-state index is 0.104. The highest BCUT2D eigenvalue weighted by atomic mass is 15.2. The predicted molar refractivity (Wildman–Crippen MR) is 83.9 cm³/mol. The second-order valence-corrected chi connectivity index (χ2v) is 7.62. The van der Waals surface area contributed by atoms with Crippen molar-refractivity contribution >= 4 is 5.82 Å². The van der Waals surface area contributed by atoms with Gasteiger partial charge in [-0.25, -0.2) is 4.98 Å². The van der Waals surface area contributed by atoms with E-state index in [9.17, 15) is 0 Å². The van der Waals surface area contributed by atoms with E-state index in [2.05, 4.69) is 49.8 Å². The summed E-state index contributed by atoms with van der Waals surface area (Å²) in [5, 5.41) is 3.46. The minimum Gasteiger partial charge on any atom is -0.355 e. The molecule has 2 heterocycles. The van der Waals surface area contributed by atoms with Gasteiger partial charge in [0.1, 0.15) is 5.82 Å². The van der Waals surface area contributed by atoms with E-state index in [1.165, 1.54) is 12.8 Å². The zero-order valence-corrected chi connectivity index (χ0v) is 13.5. The first-order valence-electron chi connectivity index (χ1n) is 7.56. The molecule has 1 N–H and O–H groups in total. The first-order valence-corrected chi connectivity index (χ1v) is 7.56. The van der Waals surface area contributed by atoms with Crippen molar-refractivity contribution in [1.82, 2.24) is 15.3 Å². The lowest BCUT2D eigenvalue weighted by Crippen LogP contribution is -2.38. The van der Waals surface area contributed by atoms with Gasteiger partial charge in [-0.15, -0.1) is 0 Å². The van der Waals surface area contributed by atoms with Gasteiger partial charge in [0.25, 0.3) is 0 Å². The number of piperidine rings is 1. The Morgan fingerprint density at radius 2 is 1.85 bits per heavy atom. The van der Waals surface area contributed by atoms with Crippen LogP contribution in [0.4, 0.5) is 5.82 Å². The third kappa shape index (κ3) is 4.44. The van der Waals surface area contributed by atoms with Crippen LogP contribution < -0.4 is 10.2 Å². The Morgan fingerprint density at radius 1 is 1.20 bits per heavy atom. The lowest BCUT2D eigenvalue weighted by atomic mass is 9.83. The van der Waals surface area contributed by atoms with E-state index in [1.807, 2.05) is 12.4 Å². The van der Waals surface area contributed by atoms with Gasteiger partial charge in [-0.2, -0.15) is 0 Å². The highest BCUT2D eigenvalue weighted by Crippen LogP contribution is 2.31. The maximum atomic E-state index is 4.75. The maximum absolute atomic E-state index is 4.75. The number of hydrogen-bond donors (Lipinski definition) is 1. The van der Waals surface area contributed by atoms with Crippen LogP contribution in [0.3, 0.4) is 0 Å². The molecule has 0 atom stereocenters. The lowest BCUT2D eigenvalue weighted by molar-refractivity contribution is 0.279. The molecule has 4 nitrogen and oxygen atoms in total. The zero-order valence-electron chi connectivity index (χ0n) is 13.5. The van der Waals surface area contributed by atoms with E-state index >= 15 is 0 Å². The van der Waals surface area contributed by atoms with Crippen molar-refractivity contribution in [2.75, 3.05) is 18.0 Å². The van der Waals surface area contributed by atoms with Gasteiger partial charge in [-0.05, 0) is 39.0 Å². The van der Waals surface area contributed by atoms with E-state index < -0.39 is 0 Å². The monoisotopic (exact) mass is 276 g/mol. The quantitative estimate of drug-likeness (QED) is 0.921. The summed E-state index contributed by atoms with van der Waals surface area (Å²) in [6, 6.07) is 0. The Hall–Kier alpha value is -1.16. The number of anilines is 1. The first kappa shape index (κ1) is 15.2. The molecule has 0 bridgehead atoms. The van der Waals surface area contributed by atoms with Gasteiger partial charge >= 0.3 is 0 Å². The SMILES string of the molecule is CC1(C)CCN(c2cncc(CNC(C)(C)C)n2)CC1. The summed E-state index contributed by atoms with van der Waals surface area (Å²) in [6.07, 6.45) is 6.19. The molecule has 1 aromatic heterocycles. The van der Waals surface area contributed by atoms with Gasteiger partial charge in [-0.3, -0.25) is 4.98 Å². The molecule has 0 aromatic carbocycles. The van der Waals surface area contributed by atoms with Crippen molar-refractivity contribution in [3.8, 4) is 0 Å². The Labute approximate surface area is 123 Å². The highest BCUT2D eigenvalue weighted by molar-refractivity contribution is 5.37. The summed E-state index contributed by atoms with van der Waals surface area (Å²) in [7, 11) is 0. The number of hydrogen-bond acceptors (Lipinski definition) is 4. The average Bonchev–Trinajstić information content (AvgIpc) is 2.36. The van der Waals surface area contributed by atoms with Gasteiger partial charge < -0.3 is 10.2 Å². The van der Waals surface area contributed by atoms with E-state index in [0.717, 1.165) is 31.1 Å². The van der Waals surface area contributed by atoms with Crippen LogP contribution >= 0.6 is 0 Å². The predicted octanol–water partition coefficient (Wildman–Crippen LogP) is 2.99. The third-order valence-electron chi connectivity index (χ3n) is 3.91. The summed E-state index contributed by atoms with van der Waals surface area (Å²) in [5.41, 5.74) is 1.59. The minimum atomic E-state index is 0.104. The van der Waals surface area contributed by atoms with E-state index in [-0.39, 0.29) is 5.54 Å². The summed E-state index contributed by atoms with van der Waals surface area (Å²) in [5.74, 6) is 1.02. The molecule has 0 unspecified atom stereocenters. The topological polar surface area (TPSA) is 41.1 Å². The van der Waals surface area contributed by atoms with Gasteiger partial charge in [0.05, 0.1) is 11.9 Å². The summed E-state index contributed by atoms with van der Waals surface area (Å²) >= 11 is 0. The molecular weight excluding hydrogens is 248 g/mol. The van der Waals surface area contributed by atoms with Crippen LogP contribution in [0.15, 0.2) is 12.4 Å². The van der Waals surface area contributed by atoms with Gasteiger partial charge in [0.2, 0.25) is 0 Å². The van der Waals surface area contributed by atoms with Gasteiger partial charge in [-0.1, -0.05) is 13.8 Å². The van der Waals surface area contributed by atoms with Gasteiger partial charge in [0, 0.05) is 31.4 Å². The standard InChI is InChI=1S/C16H28N4/c1-15(2,3)18-11-13-10-17-12-14(19-13)20-8-6-16(4,5)7-9-20/h10,12,18H,6-9,11H2,1-5H3. The smallest absolute Gasteiger partial charge is 0.147 e. The fourth-order valence-corrected chi connectivity index (χ4v) is 2.33. The second kappa shape index (κ2) is 5.68. The van der Waals surface area contributed by atoms with E-state index in [1.54, 1.807) is 0 Å². The Kier molecular flexibility index (Phi) is 4.33. The van der Waals surface area contributed by atoms with Crippen LogP contribution in [0.25, 0.3) is 0 Å². The Bertz CT molecular complexity index is 438. The summed E-state index contributed by atoms with van der Waals surface area (Å²) < 4.78 is 0. The van der Waals surface area contributed by atoms with E-state index in [4.69, 9.17) is 4.98 Å². The zero-order chi connectivity index (χ0) is 14.8. The molecule has 1 fully saturated rings. The van der Waals surface area contributed by atoms with E-state index in [0.29, 0.717) is 5.41 Å². The van der Waals surface area contributed by atoms with Crippen LogP contribution in [0.2, 0.25) is 0 Å². The van der Waals surface area contributed by atoms with Gasteiger partial charge in [0.15, 0.2) is 0 Å². The molecule has 2 rings (SSSR count). The molecule has 1 aliphatic heterocycles. The van der Waals surface area contributed by atoms with Crippen molar-refractivity contribution in [3.63, 3.8) is 0 Å². The molecule has 4 heteroatoms. The molecule has 0 aliphatic carbocycles. The molecule has 20 heavy (non-hydrogen) atoms. The molecule has 1 aromatic rings.